The van der Waals surface area contributed by atoms with E-state index in [1.807, 2.05) is 9.80 Å². The average Bonchev–Trinajstić information content (AvgIpc) is 2.91. The van der Waals surface area contributed by atoms with Gasteiger partial charge in [-0.05, 0) is 56.0 Å². The van der Waals surface area contributed by atoms with Crippen molar-refractivity contribution < 1.29 is 35.8 Å². The monoisotopic (exact) mass is 572 g/mol. The lowest BCUT2D eigenvalue weighted by Crippen LogP contribution is -2.49. The van der Waals surface area contributed by atoms with Crippen LogP contribution in [-0.4, -0.2) is 59.9 Å². The van der Waals surface area contributed by atoms with E-state index in [2.05, 4.69) is 4.98 Å². The van der Waals surface area contributed by atoms with Crippen molar-refractivity contribution in [2.75, 3.05) is 37.7 Å². The minimum absolute atomic E-state index is 0.0489. The van der Waals surface area contributed by atoms with Gasteiger partial charge in [-0.1, -0.05) is 12.2 Å². The van der Waals surface area contributed by atoms with Gasteiger partial charge in [0.15, 0.2) is 0 Å². The lowest BCUT2D eigenvalue weighted by molar-refractivity contribution is -0.138. The van der Waals surface area contributed by atoms with Crippen LogP contribution in [0.15, 0.2) is 36.5 Å². The SMILES string of the molecule is N#Cc1ccc(O[C@H]2CC[C@H](OCC(=S)N3CCN(c4ccc(C(F)(F)F)cn4)CC3)CC2)cc1C(F)(F)F. The van der Waals surface area contributed by atoms with Crippen molar-refractivity contribution in [3.8, 4) is 11.8 Å². The van der Waals surface area contributed by atoms with Gasteiger partial charge in [0, 0.05) is 32.4 Å². The van der Waals surface area contributed by atoms with Gasteiger partial charge in [-0.3, -0.25) is 0 Å². The lowest BCUT2D eigenvalue weighted by atomic mass is 9.95. The minimum atomic E-state index is -4.64. The van der Waals surface area contributed by atoms with Gasteiger partial charge in [0.2, 0.25) is 0 Å². The molecule has 1 aliphatic carbocycles. The summed E-state index contributed by atoms with van der Waals surface area (Å²) in [6, 6.07) is 7.32. The van der Waals surface area contributed by atoms with Crippen molar-refractivity contribution in [1.82, 2.24) is 9.88 Å². The number of hydrogen-bond donors (Lipinski definition) is 0. The van der Waals surface area contributed by atoms with Crippen LogP contribution in [0.4, 0.5) is 32.2 Å². The van der Waals surface area contributed by atoms with Crippen molar-refractivity contribution in [3.63, 3.8) is 0 Å². The zero-order valence-corrected chi connectivity index (χ0v) is 21.6. The molecule has 0 radical (unpaired) electrons. The summed E-state index contributed by atoms with van der Waals surface area (Å²) in [4.78, 5) is 8.51. The Hall–Kier alpha value is -3.11. The predicted octanol–water partition coefficient (Wildman–Crippen LogP) is 5.85. The van der Waals surface area contributed by atoms with Crippen LogP contribution in [0.25, 0.3) is 0 Å². The van der Waals surface area contributed by atoms with Crippen LogP contribution < -0.4 is 9.64 Å². The summed E-state index contributed by atoms with van der Waals surface area (Å²) in [6.07, 6.45) is -5.97. The number of nitrogens with zero attached hydrogens (tertiary/aromatic N) is 4. The summed E-state index contributed by atoms with van der Waals surface area (Å²) in [5.41, 5.74) is -2.24. The van der Waals surface area contributed by atoms with E-state index < -0.39 is 29.0 Å². The Morgan fingerprint density at radius 3 is 2.18 bits per heavy atom. The van der Waals surface area contributed by atoms with Crippen LogP contribution in [0.1, 0.15) is 42.4 Å². The summed E-state index contributed by atoms with van der Waals surface area (Å²) < 4.78 is 89.6. The van der Waals surface area contributed by atoms with Crippen molar-refractivity contribution in [2.45, 2.75) is 50.2 Å². The number of aromatic nitrogens is 1. The number of halogens is 6. The van der Waals surface area contributed by atoms with Crippen molar-refractivity contribution in [2.24, 2.45) is 0 Å². The Balaban J connectivity index is 1.18. The van der Waals surface area contributed by atoms with Crippen LogP contribution in [0.2, 0.25) is 0 Å². The molecule has 0 amide bonds. The molecular weight excluding hydrogens is 546 g/mol. The first-order valence-electron chi connectivity index (χ1n) is 12.4. The first-order valence-corrected chi connectivity index (χ1v) is 12.8. The first kappa shape index (κ1) is 28.9. The number of pyridine rings is 1. The molecule has 210 valence electrons. The van der Waals surface area contributed by atoms with Crippen LogP contribution in [0, 0.1) is 11.3 Å². The number of hydrogen-bond acceptors (Lipinski definition) is 6. The predicted molar refractivity (Wildman–Crippen MR) is 134 cm³/mol. The van der Waals surface area contributed by atoms with Crippen LogP contribution in [0.5, 0.6) is 5.75 Å². The van der Waals surface area contributed by atoms with E-state index >= 15 is 0 Å². The van der Waals surface area contributed by atoms with Crippen LogP contribution >= 0.6 is 12.2 Å². The van der Waals surface area contributed by atoms with Gasteiger partial charge < -0.3 is 19.3 Å². The second-order valence-corrected chi connectivity index (χ2v) is 9.89. The standard InChI is InChI=1S/C26H26F6N4O2S/c27-25(28,29)18-2-8-23(34-15-18)35-9-11-36(12-10-35)24(39)16-37-19-4-6-20(7-5-19)38-21-3-1-17(14-33)22(13-21)26(30,31)32/h1-3,8,13,15,19-20H,4-7,9-12,16H2/t19-,20-. The maximum atomic E-state index is 13.2. The fourth-order valence-corrected chi connectivity index (χ4v) is 4.89. The quantitative estimate of drug-likeness (QED) is 0.318. The zero-order valence-electron chi connectivity index (χ0n) is 20.8. The number of benzene rings is 1. The van der Waals surface area contributed by atoms with E-state index in [4.69, 9.17) is 27.0 Å². The topological polar surface area (TPSA) is 61.6 Å². The van der Waals surface area contributed by atoms with Crippen LogP contribution in [0.3, 0.4) is 0 Å². The maximum Gasteiger partial charge on any atom is 0.417 e. The average molecular weight is 573 g/mol. The summed E-state index contributed by atoms with van der Waals surface area (Å²) in [5.74, 6) is 0.567. The highest BCUT2D eigenvalue weighted by Crippen LogP contribution is 2.35. The molecule has 0 N–H and O–H groups in total. The summed E-state index contributed by atoms with van der Waals surface area (Å²) in [7, 11) is 0. The van der Waals surface area contributed by atoms with Crippen molar-refractivity contribution >= 4 is 23.0 Å². The summed E-state index contributed by atoms with van der Waals surface area (Å²) in [5, 5.41) is 8.93. The molecule has 1 aromatic carbocycles. The smallest absolute Gasteiger partial charge is 0.417 e. The largest absolute Gasteiger partial charge is 0.490 e. The molecule has 1 aliphatic heterocycles. The molecule has 0 spiro atoms. The molecule has 0 unspecified atom stereocenters. The number of rotatable bonds is 6. The van der Waals surface area contributed by atoms with Crippen molar-refractivity contribution in [1.29, 1.82) is 5.26 Å². The Morgan fingerprint density at radius 1 is 0.949 bits per heavy atom. The van der Waals surface area contributed by atoms with Gasteiger partial charge >= 0.3 is 12.4 Å². The third kappa shape index (κ3) is 7.51. The highest BCUT2D eigenvalue weighted by atomic mass is 32.1. The third-order valence-electron chi connectivity index (χ3n) is 6.81. The van der Waals surface area contributed by atoms with Gasteiger partial charge in [-0.15, -0.1) is 0 Å². The molecule has 2 aromatic rings. The number of nitriles is 1. The van der Waals surface area contributed by atoms with E-state index in [1.165, 1.54) is 12.1 Å². The molecule has 39 heavy (non-hydrogen) atoms. The molecule has 1 aromatic heterocycles. The first-order chi connectivity index (χ1) is 18.4. The number of alkyl halides is 6. The fourth-order valence-electron chi connectivity index (χ4n) is 4.64. The van der Waals surface area contributed by atoms with Gasteiger partial charge in [-0.25, -0.2) is 4.98 Å². The molecule has 1 saturated carbocycles. The molecule has 1 saturated heterocycles. The third-order valence-corrected chi connectivity index (χ3v) is 7.19. The molecule has 2 heterocycles. The molecule has 0 bridgehead atoms. The molecule has 6 nitrogen and oxygen atoms in total. The summed E-state index contributed by atoms with van der Waals surface area (Å²) in [6.45, 7) is 2.57. The molecular formula is C26H26F6N4O2S. The number of ether oxygens (including phenoxy) is 2. The van der Waals surface area contributed by atoms with E-state index in [1.54, 1.807) is 6.07 Å². The molecule has 2 aliphatic rings. The molecule has 2 fully saturated rings. The zero-order chi connectivity index (χ0) is 28.2. The minimum Gasteiger partial charge on any atom is -0.490 e. The molecule has 0 atom stereocenters. The van der Waals surface area contributed by atoms with E-state index in [0.29, 0.717) is 62.7 Å². The van der Waals surface area contributed by atoms with E-state index in [9.17, 15) is 26.3 Å². The molecule has 13 heteroatoms. The van der Waals surface area contributed by atoms with Gasteiger partial charge in [0.05, 0.1) is 41.6 Å². The fraction of sp³-hybridized carbons (Fsp3) is 0.500. The Labute approximate surface area is 227 Å². The van der Waals surface area contributed by atoms with Gasteiger partial charge in [0.1, 0.15) is 16.6 Å². The Bertz CT molecular complexity index is 1180. The van der Waals surface area contributed by atoms with E-state index in [0.717, 1.165) is 24.4 Å². The highest BCUT2D eigenvalue weighted by Gasteiger charge is 2.35. The second-order valence-electron chi connectivity index (χ2n) is 9.42. The number of anilines is 1. The Kier molecular flexibility index (Phi) is 8.86. The number of piperazine rings is 1. The lowest BCUT2D eigenvalue weighted by Gasteiger charge is -2.37. The number of thiocarbonyl (C=S) groups is 1. The van der Waals surface area contributed by atoms with Gasteiger partial charge in [0.25, 0.3) is 0 Å². The van der Waals surface area contributed by atoms with Crippen molar-refractivity contribution in [3.05, 3.63) is 53.2 Å². The second kappa shape index (κ2) is 12.0. The van der Waals surface area contributed by atoms with Crippen LogP contribution in [-0.2, 0) is 17.1 Å². The normalized spacial score (nSPS) is 20.4. The summed E-state index contributed by atoms with van der Waals surface area (Å²) >= 11 is 5.53. The Morgan fingerprint density at radius 2 is 1.62 bits per heavy atom. The molecule has 4 rings (SSSR count). The van der Waals surface area contributed by atoms with E-state index in [-0.39, 0.29) is 24.6 Å². The maximum absolute atomic E-state index is 13.2. The highest BCUT2D eigenvalue weighted by molar-refractivity contribution is 7.80. The van der Waals surface area contributed by atoms with Gasteiger partial charge in [-0.2, -0.15) is 31.6 Å².